The van der Waals surface area contributed by atoms with E-state index in [0.717, 1.165) is 18.0 Å². The number of hydrogen-bond acceptors (Lipinski definition) is 3. The third-order valence-electron chi connectivity index (χ3n) is 5.12. The van der Waals surface area contributed by atoms with Crippen LogP contribution in [0.4, 0.5) is 0 Å². The van der Waals surface area contributed by atoms with E-state index < -0.39 is 0 Å². The molecule has 2 N–H and O–H groups in total. The molecule has 3 fully saturated rings. The molecule has 17 heavy (non-hydrogen) atoms. The molecule has 2 aliphatic heterocycles. The van der Waals surface area contributed by atoms with E-state index in [1.807, 2.05) is 0 Å². The second-order valence-electron chi connectivity index (χ2n) is 6.28. The zero-order chi connectivity index (χ0) is 11.8. The Balaban J connectivity index is 1.54. The van der Waals surface area contributed by atoms with Crippen molar-refractivity contribution < 1.29 is 0 Å². The molecule has 0 aromatic rings. The number of nitrogens with two attached hydrogens (primary N) is 1. The average molecular weight is 237 g/mol. The van der Waals surface area contributed by atoms with Crippen LogP contribution in [0.1, 0.15) is 39.0 Å². The summed E-state index contributed by atoms with van der Waals surface area (Å²) in [5.41, 5.74) is 6.20. The molecule has 0 amide bonds. The van der Waals surface area contributed by atoms with Crippen molar-refractivity contribution in [2.45, 2.75) is 57.2 Å². The van der Waals surface area contributed by atoms with Crippen LogP contribution in [0.2, 0.25) is 0 Å². The highest BCUT2D eigenvalue weighted by atomic mass is 15.3. The molecule has 3 unspecified atom stereocenters. The summed E-state index contributed by atoms with van der Waals surface area (Å²) in [6.07, 6.45) is 6.75. The first kappa shape index (κ1) is 11.9. The lowest BCUT2D eigenvalue weighted by atomic mass is 9.90. The topological polar surface area (TPSA) is 32.5 Å². The van der Waals surface area contributed by atoms with Crippen LogP contribution in [0.5, 0.6) is 0 Å². The largest absolute Gasteiger partial charge is 0.327 e. The van der Waals surface area contributed by atoms with E-state index in [9.17, 15) is 0 Å². The van der Waals surface area contributed by atoms with Crippen molar-refractivity contribution in [2.75, 3.05) is 26.2 Å². The van der Waals surface area contributed by atoms with Gasteiger partial charge in [-0.1, -0.05) is 13.3 Å². The number of piperidine rings is 1. The molecule has 0 aromatic carbocycles. The maximum atomic E-state index is 6.20. The summed E-state index contributed by atoms with van der Waals surface area (Å²) < 4.78 is 0. The first-order valence-electron chi connectivity index (χ1n) is 7.51. The molecule has 3 atom stereocenters. The van der Waals surface area contributed by atoms with Gasteiger partial charge in [-0.15, -0.1) is 0 Å². The second-order valence-corrected chi connectivity index (χ2v) is 6.28. The predicted octanol–water partition coefficient (Wildman–Crippen LogP) is 1.28. The molecular weight excluding hydrogens is 210 g/mol. The van der Waals surface area contributed by atoms with Gasteiger partial charge >= 0.3 is 0 Å². The molecule has 3 aliphatic rings. The SMILES string of the molecule is CCC1CN(C2CCN(C3CC3)C2)CCC1N. The Kier molecular flexibility index (Phi) is 3.42. The van der Waals surface area contributed by atoms with E-state index in [1.165, 1.54) is 58.3 Å². The van der Waals surface area contributed by atoms with E-state index in [2.05, 4.69) is 16.7 Å². The fourth-order valence-electron chi connectivity index (χ4n) is 3.68. The van der Waals surface area contributed by atoms with Crippen molar-refractivity contribution >= 4 is 0 Å². The Morgan fingerprint density at radius 3 is 2.35 bits per heavy atom. The molecule has 0 aromatic heterocycles. The molecule has 0 spiro atoms. The molecular formula is C14H27N3. The van der Waals surface area contributed by atoms with Gasteiger partial charge in [0.25, 0.3) is 0 Å². The number of likely N-dealkylation sites (tertiary alicyclic amines) is 2. The van der Waals surface area contributed by atoms with Crippen molar-refractivity contribution in [1.82, 2.24) is 9.80 Å². The molecule has 3 nitrogen and oxygen atoms in total. The molecule has 3 heteroatoms. The van der Waals surface area contributed by atoms with Crippen LogP contribution in [-0.2, 0) is 0 Å². The number of nitrogens with zero attached hydrogens (tertiary/aromatic N) is 2. The van der Waals surface area contributed by atoms with Gasteiger partial charge in [0, 0.05) is 37.8 Å². The lowest BCUT2D eigenvalue weighted by Gasteiger charge is -2.39. The summed E-state index contributed by atoms with van der Waals surface area (Å²) in [5.74, 6) is 0.735. The van der Waals surface area contributed by atoms with Crippen LogP contribution >= 0.6 is 0 Å². The van der Waals surface area contributed by atoms with E-state index in [4.69, 9.17) is 5.73 Å². The highest BCUT2D eigenvalue weighted by Gasteiger charge is 2.38. The van der Waals surface area contributed by atoms with Gasteiger partial charge in [-0.25, -0.2) is 0 Å². The van der Waals surface area contributed by atoms with Crippen molar-refractivity contribution in [1.29, 1.82) is 0 Å². The van der Waals surface area contributed by atoms with Gasteiger partial charge in [-0.05, 0) is 38.1 Å². The first-order valence-corrected chi connectivity index (χ1v) is 7.51. The lowest BCUT2D eigenvalue weighted by Crippen LogP contribution is -2.51. The van der Waals surface area contributed by atoms with Gasteiger partial charge in [-0.3, -0.25) is 9.80 Å². The molecule has 0 bridgehead atoms. The summed E-state index contributed by atoms with van der Waals surface area (Å²) in [4.78, 5) is 5.46. The minimum atomic E-state index is 0.456. The maximum absolute atomic E-state index is 6.20. The van der Waals surface area contributed by atoms with E-state index in [0.29, 0.717) is 6.04 Å². The molecule has 98 valence electrons. The van der Waals surface area contributed by atoms with E-state index >= 15 is 0 Å². The maximum Gasteiger partial charge on any atom is 0.0235 e. The Hall–Kier alpha value is -0.120. The summed E-state index contributed by atoms with van der Waals surface area (Å²) in [7, 11) is 0. The molecule has 2 heterocycles. The zero-order valence-electron chi connectivity index (χ0n) is 11.1. The second kappa shape index (κ2) is 4.87. The number of rotatable bonds is 3. The number of hydrogen-bond donors (Lipinski definition) is 1. The summed E-state index contributed by atoms with van der Waals surface area (Å²) in [5, 5.41) is 0. The third kappa shape index (κ3) is 2.51. The fraction of sp³-hybridized carbons (Fsp3) is 1.00. The van der Waals surface area contributed by atoms with Gasteiger partial charge < -0.3 is 5.73 Å². The standard InChI is InChI=1S/C14H27N3/c1-2-11-9-16(8-6-14(11)15)13-5-7-17(10-13)12-3-4-12/h11-14H,2-10,15H2,1H3. The minimum Gasteiger partial charge on any atom is -0.327 e. The minimum absolute atomic E-state index is 0.456. The Morgan fingerprint density at radius 2 is 1.65 bits per heavy atom. The highest BCUT2D eigenvalue weighted by Crippen LogP contribution is 2.32. The fourth-order valence-corrected chi connectivity index (χ4v) is 3.68. The van der Waals surface area contributed by atoms with Crippen molar-refractivity contribution in [3.05, 3.63) is 0 Å². The third-order valence-corrected chi connectivity index (χ3v) is 5.12. The van der Waals surface area contributed by atoms with Crippen LogP contribution < -0.4 is 5.73 Å². The van der Waals surface area contributed by atoms with Crippen molar-refractivity contribution in [3.8, 4) is 0 Å². The van der Waals surface area contributed by atoms with Crippen LogP contribution in [-0.4, -0.2) is 54.1 Å². The van der Waals surface area contributed by atoms with Crippen LogP contribution in [0.15, 0.2) is 0 Å². The quantitative estimate of drug-likeness (QED) is 0.802. The van der Waals surface area contributed by atoms with Crippen molar-refractivity contribution in [2.24, 2.45) is 11.7 Å². The molecule has 0 radical (unpaired) electrons. The van der Waals surface area contributed by atoms with Gasteiger partial charge in [0.1, 0.15) is 0 Å². The zero-order valence-corrected chi connectivity index (χ0v) is 11.1. The Labute approximate surface area is 105 Å². The molecule has 2 saturated heterocycles. The summed E-state index contributed by atoms with van der Waals surface area (Å²) in [6.45, 7) is 7.45. The lowest BCUT2D eigenvalue weighted by molar-refractivity contribution is 0.107. The van der Waals surface area contributed by atoms with Crippen molar-refractivity contribution in [3.63, 3.8) is 0 Å². The summed E-state index contributed by atoms with van der Waals surface area (Å²) >= 11 is 0. The van der Waals surface area contributed by atoms with E-state index in [1.54, 1.807) is 0 Å². The van der Waals surface area contributed by atoms with E-state index in [-0.39, 0.29) is 0 Å². The molecule has 3 rings (SSSR count). The Bertz CT molecular complexity index is 264. The predicted molar refractivity (Wildman–Crippen MR) is 70.9 cm³/mol. The van der Waals surface area contributed by atoms with Crippen LogP contribution in [0.25, 0.3) is 0 Å². The normalized spacial score (nSPS) is 40.9. The van der Waals surface area contributed by atoms with Crippen LogP contribution in [0.3, 0.4) is 0 Å². The van der Waals surface area contributed by atoms with Gasteiger partial charge in [0.15, 0.2) is 0 Å². The van der Waals surface area contributed by atoms with Gasteiger partial charge in [0.2, 0.25) is 0 Å². The molecule has 1 saturated carbocycles. The van der Waals surface area contributed by atoms with Crippen LogP contribution in [0, 0.1) is 5.92 Å². The highest BCUT2D eigenvalue weighted by molar-refractivity contribution is 4.94. The Morgan fingerprint density at radius 1 is 0.941 bits per heavy atom. The van der Waals surface area contributed by atoms with Gasteiger partial charge in [-0.2, -0.15) is 0 Å². The summed E-state index contributed by atoms with van der Waals surface area (Å²) in [6, 6.07) is 2.24. The average Bonchev–Trinajstić information content (AvgIpc) is 3.08. The molecule has 1 aliphatic carbocycles. The van der Waals surface area contributed by atoms with Gasteiger partial charge in [0.05, 0.1) is 0 Å². The monoisotopic (exact) mass is 237 g/mol. The smallest absolute Gasteiger partial charge is 0.0235 e. The first-order chi connectivity index (χ1) is 8.28.